The molecular weight excluding hydrogens is 148 g/mol. The molecule has 0 fully saturated rings. The number of carbonyl (C=O) groups is 1. The zero-order valence-corrected chi connectivity index (χ0v) is 7.03. The summed E-state index contributed by atoms with van der Waals surface area (Å²) < 4.78 is 0. The fourth-order valence-electron chi connectivity index (χ4n) is 1.30. The van der Waals surface area contributed by atoms with Gasteiger partial charge in [-0.3, -0.25) is 4.79 Å². The molecule has 10 heavy (non-hydrogen) atoms. The molecule has 1 aliphatic carbocycles. The second kappa shape index (κ2) is 2.39. The van der Waals surface area contributed by atoms with Crippen LogP contribution in [0.3, 0.4) is 0 Å². The topological polar surface area (TPSA) is 17.1 Å². The smallest absolute Gasteiger partial charge is 0.154 e. The lowest BCUT2D eigenvalue weighted by Gasteiger charge is -2.18. The number of hydrogen-bond donors (Lipinski definition) is 0. The first-order valence-electron chi connectivity index (χ1n) is 3.44. The monoisotopic (exact) mass is 158 g/mol. The predicted octanol–water partition coefficient (Wildman–Crippen LogP) is 2.29. The summed E-state index contributed by atoms with van der Waals surface area (Å²) in [6, 6.07) is 0. The van der Waals surface area contributed by atoms with Crippen molar-refractivity contribution in [3.05, 3.63) is 11.6 Å². The normalized spacial score (nSPS) is 32.1. The summed E-state index contributed by atoms with van der Waals surface area (Å²) in [6.07, 6.45) is 3.75. The van der Waals surface area contributed by atoms with E-state index in [2.05, 4.69) is 0 Å². The van der Waals surface area contributed by atoms with E-state index in [1.54, 1.807) is 6.92 Å². The van der Waals surface area contributed by atoms with Crippen molar-refractivity contribution in [3.63, 3.8) is 0 Å². The van der Waals surface area contributed by atoms with E-state index in [0.717, 1.165) is 18.4 Å². The summed E-state index contributed by atoms with van der Waals surface area (Å²) in [5, 5.41) is 0. The summed E-state index contributed by atoms with van der Waals surface area (Å²) in [4.78, 5) is 10.4. The molecule has 0 aromatic heterocycles. The Morgan fingerprint density at radius 3 is 2.60 bits per heavy atom. The third kappa shape index (κ3) is 0.988. The Balaban J connectivity index is 2.89. The number of allylic oxidation sites excluding steroid dienone is 2. The molecule has 56 valence electrons. The minimum Gasteiger partial charge on any atom is -0.298 e. The number of ketones is 1. The minimum absolute atomic E-state index is 0.0698. The van der Waals surface area contributed by atoms with E-state index < -0.39 is 4.87 Å². The van der Waals surface area contributed by atoms with Crippen LogP contribution in [0.5, 0.6) is 0 Å². The highest BCUT2D eigenvalue weighted by molar-refractivity contribution is 6.37. The van der Waals surface area contributed by atoms with Crippen LogP contribution in [-0.2, 0) is 4.79 Å². The van der Waals surface area contributed by atoms with Gasteiger partial charge in [0.05, 0.1) is 0 Å². The molecule has 0 saturated carbocycles. The number of Topliss-reactive ketones (excluding diaryl/α,β-unsaturated/α-hetero) is 1. The fourth-order valence-corrected chi connectivity index (χ4v) is 1.49. The maximum atomic E-state index is 11.0. The molecule has 0 aliphatic heterocycles. The molecular formula is C8H11ClO. The molecule has 0 N–H and O–H groups in total. The van der Waals surface area contributed by atoms with Crippen LogP contribution in [0.25, 0.3) is 0 Å². The molecule has 1 aliphatic rings. The van der Waals surface area contributed by atoms with Gasteiger partial charge in [0.1, 0.15) is 4.87 Å². The molecule has 0 spiro atoms. The highest BCUT2D eigenvalue weighted by Gasteiger charge is 2.36. The lowest BCUT2D eigenvalue weighted by Crippen LogP contribution is -2.28. The van der Waals surface area contributed by atoms with Crippen molar-refractivity contribution in [2.24, 2.45) is 0 Å². The van der Waals surface area contributed by atoms with Crippen LogP contribution >= 0.6 is 11.6 Å². The van der Waals surface area contributed by atoms with E-state index in [0.29, 0.717) is 0 Å². The lowest BCUT2D eigenvalue weighted by atomic mass is 9.98. The Morgan fingerprint density at radius 1 is 1.80 bits per heavy atom. The number of halogens is 1. The molecule has 0 saturated heterocycles. The Kier molecular flexibility index (Phi) is 1.86. The first kappa shape index (κ1) is 7.80. The van der Waals surface area contributed by atoms with Crippen molar-refractivity contribution in [1.82, 2.24) is 0 Å². The lowest BCUT2D eigenvalue weighted by molar-refractivity contribution is -0.118. The molecule has 2 heteroatoms. The average molecular weight is 159 g/mol. The zero-order valence-electron chi connectivity index (χ0n) is 6.28. The number of alkyl halides is 1. The third-order valence-electron chi connectivity index (χ3n) is 2.12. The Hall–Kier alpha value is -0.300. The molecule has 1 unspecified atom stereocenters. The van der Waals surface area contributed by atoms with Gasteiger partial charge in [0, 0.05) is 0 Å². The highest BCUT2D eigenvalue weighted by Crippen LogP contribution is 2.36. The van der Waals surface area contributed by atoms with Gasteiger partial charge in [0.2, 0.25) is 0 Å². The summed E-state index contributed by atoms with van der Waals surface area (Å²) in [6.45, 7) is 3.47. The maximum absolute atomic E-state index is 11.0. The third-order valence-corrected chi connectivity index (χ3v) is 2.88. The first-order chi connectivity index (χ1) is 4.57. The highest BCUT2D eigenvalue weighted by atomic mass is 35.5. The van der Waals surface area contributed by atoms with Gasteiger partial charge in [0.15, 0.2) is 5.78 Å². The van der Waals surface area contributed by atoms with Gasteiger partial charge in [-0.2, -0.15) is 0 Å². The molecule has 1 rings (SSSR count). The van der Waals surface area contributed by atoms with Crippen LogP contribution < -0.4 is 0 Å². The van der Waals surface area contributed by atoms with Crippen LogP contribution in [-0.4, -0.2) is 10.7 Å². The van der Waals surface area contributed by atoms with Crippen molar-refractivity contribution in [2.45, 2.75) is 31.6 Å². The number of carbonyl (C=O) groups excluding carboxylic acids is 1. The van der Waals surface area contributed by atoms with Crippen LogP contribution in [0.2, 0.25) is 0 Å². The summed E-state index contributed by atoms with van der Waals surface area (Å²) in [7, 11) is 0. The van der Waals surface area contributed by atoms with Crippen molar-refractivity contribution in [3.8, 4) is 0 Å². The van der Waals surface area contributed by atoms with E-state index in [4.69, 9.17) is 11.6 Å². The molecule has 1 atom stereocenters. The molecule has 0 bridgehead atoms. The largest absolute Gasteiger partial charge is 0.298 e. The van der Waals surface area contributed by atoms with E-state index in [1.807, 2.05) is 13.0 Å². The van der Waals surface area contributed by atoms with E-state index in [-0.39, 0.29) is 5.78 Å². The van der Waals surface area contributed by atoms with Crippen LogP contribution in [0.1, 0.15) is 26.7 Å². The Morgan fingerprint density at radius 2 is 2.40 bits per heavy atom. The SMILES string of the molecule is CC(=O)C1(Cl)CCC=C1C. The molecule has 0 heterocycles. The van der Waals surface area contributed by atoms with Gasteiger partial charge in [-0.1, -0.05) is 6.08 Å². The molecule has 1 nitrogen and oxygen atoms in total. The predicted molar refractivity (Wildman–Crippen MR) is 42.3 cm³/mol. The van der Waals surface area contributed by atoms with Crippen molar-refractivity contribution < 1.29 is 4.79 Å². The van der Waals surface area contributed by atoms with E-state index in [9.17, 15) is 4.79 Å². The molecule has 0 radical (unpaired) electrons. The first-order valence-corrected chi connectivity index (χ1v) is 3.82. The minimum atomic E-state index is -0.653. The standard InChI is InChI=1S/C8H11ClO/c1-6-4-3-5-8(6,9)7(2)10/h4H,3,5H2,1-2H3. The van der Waals surface area contributed by atoms with E-state index >= 15 is 0 Å². The molecule has 0 amide bonds. The van der Waals surface area contributed by atoms with E-state index in [1.165, 1.54) is 0 Å². The second-order valence-electron chi connectivity index (χ2n) is 2.78. The average Bonchev–Trinajstić information content (AvgIpc) is 2.15. The molecule has 0 aromatic rings. The van der Waals surface area contributed by atoms with Crippen molar-refractivity contribution in [2.75, 3.05) is 0 Å². The summed E-state index contributed by atoms with van der Waals surface area (Å²) in [5.41, 5.74) is 1.02. The fraction of sp³-hybridized carbons (Fsp3) is 0.625. The summed E-state index contributed by atoms with van der Waals surface area (Å²) in [5.74, 6) is 0.0698. The summed E-state index contributed by atoms with van der Waals surface area (Å²) >= 11 is 6.04. The maximum Gasteiger partial charge on any atom is 0.154 e. The molecule has 0 aromatic carbocycles. The van der Waals surface area contributed by atoms with Crippen molar-refractivity contribution >= 4 is 17.4 Å². The number of hydrogen-bond acceptors (Lipinski definition) is 1. The van der Waals surface area contributed by atoms with Gasteiger partial charge in [0.25, 0.3) is 0 Å². The number of rotatable bonds is 1. The Labute approximate surface area is 66.1 Å². The van der Waals surface area contributed by atoms with Gasteiger partial charge in [-0.25, -0.2) is 0 Å². The van der Waals surface area contributed by atoms with Crippen LogP contribution in [0.15, 0.2) is 11.6 Å². The quantitative estimate of drug-likeness (QED) is 0.423. The van der Waals surface area contributed by atoms with Crippen LogP contribution in [0, 0.1) is 0 Å². The van der Waals surface area contributed by atoms with Crippen LogP contribution in [0.4, 0.5) is 0 Å². The van der Waals surface area contributed by atoms with Crippen molar-refractivity contribution in [1.29, 1.82) is 0 Å². The van der Waals surface area contributed by atoms with Gasteiger partial charge < -0.3 is 0 Å². The van der Waals surface area contributed by atoms with Gasteiger partial charge >= 0.3 is 0 Å². The Bertz CT molecular complexity index is 195. The second-order valence-corrected chi connectivity index (χ2v) is 3.43. The zero-order chi connectivity index (χ0) is 7.78. The van der Waals surface area contributed by atoms with Gasteiger partial charge in [-0.15, -0.1) is 11.6 Å². The van der Waals surface area contributed by atoms with Gasteiger partial charge in [-0.05, 0) is 32.3 Å².